The average molecular weight is 390 g/mol. The molecule has 1 saturated heterocycles. The standard InChI is InChI=1S/C19H17ClFN3O3/c1-26-16-7-2-11(8-15(16)21)18-22-19(27-23-18)12-9-17(25)24(10-12)14-5-3-13(20)4-6-14/h2-8,12,17,25H,9-10H2,1H3/t12?,17-/m1/s1. The van der Waals surface area contributed by atoms with Crippen LogP contribution in [-0.4, -0.2) is 35.1 Å². The lowest BCUT2D eigenvalue weighted by atomic mass is 10.1. The van der Waals surface area contributed by atoms with Crippen LogP contribution < -0.4 is 9.64 Å². The maximum atomic E-state index is 13.9. The fraction of sp³-hybridized carbons (Fsp3) is 0.263. The summed E-state index contributed by atoms with van der Waals surface area (Å²) in [5.41, 5.74) is 1.36. The van der Waals surface area contributed by atoms with Crippen molar-refractivity contribution >= 4 is 17.3 Å². The number of anilines is 1. The maximum absolute atomic E-state index is 13.9. The molecule has 2 atom stereocenters. The Balaban J connectivity index is 1.53. The Morgan fingerprint density at radius 1 is 1.26 bits per heavy atom. The first-order chi connectivity index (χ1) is 13.0. The predicted molar refractivity (Wildman–Crippen MR) is 98.4 cm³/mol. The summed E-state index contributed by atoms with van der Waals surface area (Å²) in [5, 5.41) is 15.0. The third kappa shape index (κ3) is 3.48. The Labute approximate surface area is 160 Å². The Hall–Kier alpha value is -2.64. The summed E-state index contributed by atoms with van der Waals surface area (Å²) >= 11 is 5.92. The van der Waals surface area contributed by atoms with E-state index in [1.54, 1.807) is 18.2 Å². The van der Waals surface area contributed by atoms with Crippen molar-refractivity contribution in [3.63, 3.8) is 0 Å². The fourth-order valence-corrected chi connectivity index (χ4v) is 3.35. The minimum absolute atomic E-state index is 0.125. The Kier molecular flexibility index (Phi) is 4.72. The molecular formula is C19H17ClFN3O3. The molecule has 0 radical (unpaired) electrons. The number of hydrogen-bond acceptors (Lipinski definition) is 6. The summed E-state index contributed by atoms with van der Waals surface area (Å²) in [5.74, 6) is 0.245. The van der Waals surface area contributed by atoms with E-state index in [0.29, 0.717) is 35.3 Å². The molecular weight excluding hydrogens is 373 g/mol. The molecule has 1 aliphatic rings. The number of hydrogen-bond donors (Lipinski definition) is 1. The zero-order valence-electron chi connectivity index (χ0n) is 14.5. The van der Waals surface area contributed by atoms with Crippen molar-refractivity contribution < 1.29 is 18.8 Å². The topological polar surface area (TPSA) is 71.6 Å². The quantitative estimate of drug-likeness (QED) is 0.730. The lowest BCUT2D eigenvalue weighted by Gasteiger charge is -2.22. The van der Waals surface area contributed by atoms with Crippen LogP contribution in [0.3, 0.4) is 0 Å². The van der Waals surface area contributed by atoms with Gasteiger partial charge < -0.3 is 19.3 Å². The van der Waals surface area contributed by atoms with Crippen molar-refractivity contribution in [2.24, 2.45) is 0 Å². The number of benzene rings is 2. The molecule has 0 aliphatic carbocycles. The van der Waals surface area contributed by atoms with Gasteiger partial charge in [0.1, 0.15) is 6.23 Å². The second-order valence-electron chi connectivity index (χ2n) is 6.35. The zero-order valence-corrected chi connectivity index (χ0v) is 15.2. The Bertz CT molecular complexity index is 948. The van der Waals surface area contributed by atoms with Crippen LogP contribution in [-0.2, 0) is 0 Å². The zero-order chi connectivity index (χ0) is 19.0. The van der Waals surface area contributed by atoms with Gasteiger partial charge in [-0.1, -0.05) is 16.8 Å². The van der Waals surface area contributed by atoms with Gasteiger partial charge in [-0.05, 0) is 42.5 Å². The van der Waals surface area contributed by atoms with E-state index in [9.17, 15) is 9.50 Å². The molecule has 0 amide bonds. The van der Waals surface area contributed by atoms with Gasteiger partial charge in [0.15, 0.2) is 11.6 Å². The number of aliphatic hydroxyl groups excluding tert-OH is 1. The van der Waals surface area contributed by atoms with Crippen molar-refractivity contribution in [2.45, 2.75) is 18.6 Å². The molecule has 4 rings (SSSR count). The largest absolute Gasteiger partial charge is 0.494 e. The summed E-state index contributed by atoms with van der Waals surface area (Å²) in [6, 6.07) is 11.7. The molecule has 1 fully saturated rings. The van der Waals surface area contributed by atoms with Gasteiger partial charge >= 0.3 is 0 Å². The van der Waals surface area contributed by atoms with Gasteiger partial charge in [0.05, 0.1) is 13.0 Å². The van der Waals surface area contributed by atoms with Crippen molar-refractivity contribution in [3.05, 3.63) is 59.2 Å². The van der Waals surface area contributed by atoms with E-state index in [1.165, 1.54) is 19.2 Å². The van der Waals surface area contributed by atoms with Gasteiger partial charge in [-0.2, -0.15) is 4.98 Å². The number of nitrogens with zero attached hydrogens (tertiary/aromatic N) is 3. The molecule has 0 spiro atoms. The van der Waals surface area contributed by atoms with Gasteiger partial charge in [-0.15, -0.1) is 0 Å². The molecule has 2 aromatic carbocycles. The molecule has 0 saturated carbocycles. The van der Waals surface area contributed by atoms with Crippen molar-refractivity contribution in [1.82, 2.24) is 10.1 Å². The molecule has 1 aromatic heterocycles. The van der Waals surface area contributed by atoms with Crippen LogP contribution in [0.5, 0.6) is 5.75 Å². The summed E-state index contributed by atoms with van der Waals surface area (Å²) < 4.78 is 24.2. The predicted octanol–water partition coefficient (Wildman–Crippen LogP) is 3.85. The summed E-state index contributed by atoms with van der Waals surface area (Å²) in [7, 11) is 1.41. The molecule has 6 nitrogen and oxygen atoms in total. The minimum atomic E-state index is -0.662. The highest BCUT2D eigenvalue weighted by Gasteiger charge is 2.35. The van der Waals surface area contributed by atoms with Crippen molar-refractivity contribution in [2.75, 3.05) is 18.6 Å². The van der Waals surface area contributed by atoms with Gasteiger partial charge in [0.25, 0.3) is 0 Å². The average Bonchev–Trinajstić information content (AvgIpc) is 3.29. The minimum Gasteiger partial charge on any atom is -0.494 e. The summed E-state index contributed by atoms with van der Waals surface area (Å²) in [4.78, 5) is 6.25. The molecule has 1 unspecified atom stereocenters. The summed E-state index contributed by atoms with van der Waals surface area (Å²) in [6.45, 7) is 0.529. The highest BCUT2D eigenvalue weighted by Crippen LogP contribution is 2.34. The van der Waals surface area contributed by atoms with Crippen LogP contribution in [0.15, 0.2) is 47.0 Å². The first-order valence-electron chi connectivity index (χ1n) is 8.43. The van der Waals surface area contributed by atoms with Crippen LogP contribution in [0.4, 0.5) is 10.1 Å². The van der Waals surface area contributed by atoms with Gasteiger partial charge in [-0.3, -0.25) is 0 Å². The first kappa shape index (κ1) is 17.8. The second-order valence-corrected chi connectivity index (χ2v) is 6.78. The number of halogens is 2. The normalized spacial score (nSPS) is 19.5. The third-order valence-corrected chi connectivity index (χ3v) is 4.88. The number of aliphatic hydroxyl groups is 1. The molecule has 3 aromatic rings. The van der Waals surface area contributed by atoms with E-state index < -0.39 is 12.0 Å². The fourth-order valence-electron chi connectivity index (χ4n) is 3.23. The van der Waals surface area contributed by atoms with Crippen LogP contribution in [0.1, 0.15) is 18.2 Å². The molecule has 1 N–H and O–H groups in total. The Morgan fingerprint density at radius 3 is 2.74 bits per heavy atom. The van der Waals surface area contributed by atoms with Crippen LogP contribution in [0.2, 0.25) is 5.02 Å². The SMILES string of the molecule is COc1ccc(-c2noc(C3C[C@@H](O)N(c4ccc(Cl)cc4)C3)n2)cc1F. The lowest BCUT2D eigenvalue weighted by molar-refractivity contribution is 0.181. The Morgan fingerprint density at radius 2 is 2.04 bits per heavy atom. The highest BCUT2D eigenvalue weighted by atomic mass is 35.5. The van der Waals surface area contributed by atoms with E-state index in [-0.39, 0.29) is 11.7 Å². The third-order valence-electron chi connectivity index (χ3n) is 4.63. The van der Waals surface area contributed by atoms with Crippen LogP contribution in [0, 0.1) is 5.82 Å². The molecule has 0 bridgehead atoms. The van der Waals surface area contributed by atoms with E-state index >= 15 is 0 Å². The number of rotatable bonds is 4. The molecule has 8 heteroatoms. The number of aromatic nitrogens is 2. The maximum Gasteiger partial charge on any atom is 0.232 e. The highest BCUT2D eigenvalue weighted by molar-refractivity contribution is 6.30. The summed E-state index contributed by atoms with van der Waals surface area (Å²) in [6.07, 6.45) is -0.203. The molecule has 140 valence electrons. The first-order valence-corrected chi connectivity index (χ1v) is 8.80. The van der Waals surface area contributed by atoms with Crippen LogP contribution in [0.25, 0.3) is 11.4 Å². The molecule has 27 heavy (non-hydrogen) atoms. The van der Waals surface area contributed by atoms with Crippen molar-refractivity contribution in [3.8, 4) is 17.1 Å². The van der Waals surface area contributed by atoms with E-state index in [1.807, 2.05) is 17.0 Å². The monoisotopic (exact) mass is 389 g/mol. The van der Waals surface area contributed by atoms with Crippen LogP contribution >= 0.6 is 11.6 Å². The van der Waals surface area contributed by atoms with E-state index in [0.717, 1.165) is 5.69 Å². The van der Waals surface area contributed by atoms with Gasteiger partial charge in [0, 0.05) is 29.2 Å². The number of methoxy groups -OCH3 is 1. The van der Waals surface area contributed by atoms with Gasteiger partial charge in [0.2, 0.25) is 11.7 Å². The number of ether oxygens (including phenoxy) is 1. The van der Waals surface area contributed by atoms with Gasteiger partial charge in [-0.25, -0.2) is 4.39 Å². The van der Waals surface area contributed by atoms with E-state index in [4.69, 9.17) is 20.9 Å². The second kappa shape index (κ2) is 7.17. The van der Waals surface area contributed by atoms with Crippen molar-refractivity contribution in [1.29, 1.82) is 0 Å². The molecule has 1 aliphatic heterocycles. The van der Waals surface area contributed by atoms with E-state index in [2.05, 4.69) is 10.1 Å². The lowest BCUT2D eigenvalue weighted by Crippen LogP contribution is -2.28. The molecule has 2 heterocycles. The smallest absolute Gasteiger partial charge is 0.232 e.